The Balaban J connectivity index is 2.40. The van der Waals surface area contributed by atoms with Crippen molar-refractivity contribution in [1.29, 1.82) is 0 Å². The van der Waals surface area contributed by atoms with E-state index in [4.69, 9.17) is 5.73 Å². The summed E-state index contributed by atoms with van der Waals surface area (Å²) in [6.45, 7) is 5.15. The number of rotatable bonds is 5. The highest BCUT2D eigenvalue weighted by Gasteiger charge is 2.22. The fourth-order valence-electron chi connectivity index (χ4n) is 2.23. The molecule has 13 heavy (non-hydrogen) atoms. The molecule has 0 aromatic carbocycles. The lowest BCUT2D eigenvalue weighted by Crippen LogP contribution is -2.20. The van der Waals surface area contributed by atoms with E-state index in [1.165, 1.54) is 37.7 Å². The second-order valence-corrected chi connectivity index (χ2v) is 4.21. The van der Waals surface area contributed by atoms with Gasteiger partial charge in [0.25, 0.3) is 0 Å². The normalized spacial score (nSPS) is 21.3. The van der Waals surface area contributed by atoms with Crippen molar-refractivity contribution in [3.63, 3.8) is 0 Å². The Bertz CT molecular complexity index is 168. The smallest absolute Gasteiger partial charge is 0.0139 e. The SMILES string of the molecule is C/C=C(\CN)C(CC)CC1CCC1. The first-order valence-electron chi connectivity index (χ1n) is 5.66. The molecule has 0 aliphatic heterocycles. The van der Waals surface area contributed by atoms with Gasteiger partial charge in [0.1, 0.15) is 0 Å². The molecule has 0 heterocycles. The molecule has 1 fully saturated rings. The van der Waals surface area contributed by atoms with Crippen LogP contribution in [0.15, 0.2) is 11.6 Å². The largest absolute Gasteiger partial charge is 0.327 e. The number of nitrogens with two attached hydrogens (primary N) is 1. The average molecular weight is 181 g/mol. The van der Waals surface area contributed by atoms with Crippen LogP contribution in [0, 0.1) is 11.8 Å². The molecule has 0 amide bonds. The molecule has 1 rings (SSSR count). The van der Waals surface area contributed by atoms with E-state index in [9.17, 15) is 0 Å². The lowest BCUT2D eigenvalue weighted by atomic mass is 9.76. The summed E-state index contributed by atoms with van der Waals surface area (Å²) in [5, 5.41) is 0. The first-order chi connectivity index (χ1) is 6.31. The van der Waals surface area contributed by atoms with Gasteiger partial charge in [-0.3, -0.25) is 0 Å². The molecule has 1 atom stereocenters. The third-order valence-electron chi connectivity index (χ3n) is 3.47. The summed E-state index contributed by atoms with van der Waals surface area (Å²) in [7, 11) is 0. The highest BCUT2D eigenvalue weighted by atomic mass is 14.5. The van der Waals surface area contributed by atoms with Crippen LogP contribution >= 0.6 is 0 Å². The Morgan fingerprint density at radius 1 is 1.54 bits per heavy atom. The molecule has 0 aromatic rings. The summed E-state index contributed by atoms with van der Waals surface area (Å²) < 4.78 is 0. The molecular weight excluding hydrogens is 158 g/mol. The van der Waals surface area contributed by atoms with Crippen molar-refractivity contribution in [1.82, 2.24) is 0 Å². The monoisotopic (exact) mass is 181 g/mol. The van der Waals surface area contributed by atoms with Crippen molar-refractivity contribution in [3.8, 4) is 0 Å². The molecule has 1 saturated carbocycles. The van der Waals surface area contributed by atoms with Gasteiger partial charge in [0.2, 0.25) is 0 Å². The lowest BCUT2D eigenvalue weighted by Gasteiger charge is -2.30. The van der Waals surface area contributed by atoms with Crippen LogP contribution in [0.25, 0.3) is 0 Å². The van der Waals surface area contributed by atoms with E-state index >= 15 is 0 Å². The fraction of sp³-hybridized carbons (Fsp3) is 0.833. The molecule has 0 aromatic heterocycles. The summed E-state index contributed by atoms with van der Waals surface area (Å²) in [6, 6.07) is 0. The van der Waals surface area contributed by atoms with Crippen molar-refractivity contribution in [2.45, 2.75) is 46.0 Å². The molecule has 0 saturated heterocycles. The van der Waals surface area contributed by atoms with Crippen molar-refractivity contribution in [2.75, 3.05) is 6.54 Å². The van der Waals surface area contributed by atoms with E-state index < -0.39 is 0 Å². The van der Waals surface area contributed by atoms with Crippen LogP contribution in [0.3, 0.4) is 0 Å². The minimum atomic E-state index is 0.752. The Hall–Kier alpha value is -0.300. The van der Waals surface area contributed by atoms with E-state index in [1.54, 1.807) is 0 Å². The fourth-order valence-corrected chi connectivity index (χ4v) is 2.23. The van der Waals surface area contributed by atoms with Crippen molar-refractivity contribution < 1.29 is 0 Å². The zero-order chi connectivity index (χ0) is 9.68. The number of allylic oxidation sites excluding steroid dienone is 1. The first-order valence-corrected chi connectivity index (χ1v) is 5.66. The van der Waals surface area contributed by atoms with Gasteiger partial charge in [0.15, 0.2) is 0 Å². The van der Waals surface area contributed by atoms with Gasteiger partial charge < -0.3 is 5.73 Å². The predicted molar refractivity (Wildman–Crippen MR) is 58.6 cm³/mol. The standard InChI is InChI=1S/C12H23N/c1-3-11(12(4-2)9-13)8-10-6-5-7-10/h4,10-11H,3,5-9,13H2,1-2H3/b12-4+. The Kier molecular flexibility index (Phi) is 4.51. The second-order valence-electron chi connectivity index (χ2n) is 4.21. The molecule has 2 N–H and O–H groups in total. The highest BCUT2D eigenvalue weighted by molar-refractivity contribution is 5.07. The lowest BCUT2D eigenvalue weighted by molar-refractivity contribution is 0.259. The summed E-state index contributed by atoms with van der Waals surface area (Å²) in [5.74, 6) is 1.77. The van der Waals surface area contributed by atoms with Gasteiger partial charge in [-0.15, -0.1) is 0 Å². The molecule has 1 heteroatoms. The quantitative estimate of drug-likeness (QED) is 0.648. The average Bonchev–Trinajstić information content (AvgIpc) is 2.09. The summed E-state index contributed by atoms with van der Waals surface area (Å²) in [4.78, 5) is 0. The third-order valence-corrected chi connectivity index (χ3v) is 3.47. The zero-order valence-corrected chi connectivity index (χ0v) is 9.05. The Labute approximate surface area is 82.4 Å². The molecule has 0 spiro atoms. The maximum Gasteiger partial charge on any atom is 0.0139 e. The van der Waals surface area contributed by atoms with Crippen molar-refractivity contribution >= 4 is 0 Å². The first kappa shape index (κ1) is 10.8. The summed E-state index contributed by atoms with van der Waals surface area (Å²) in [5.41, 5.74) is 7.19. The Morgan fingerprint density at radius 2 is 2.23 bits per heavy atom. The van der Waals surface area contributed by atoms with Gasteiger partial charge in [0, 0.05) is 6.54 Å². The summed E-state index contributed by atoms with van der Waals surface area (Å²) in [6.07, 6.45) is 9.22. The molecular formula is C12H23N. The van der Waals surface area contributed by atoms with E-state index in [0.717, 1.165) is 18.4 Å². The molecule has 1 nitrogen and oxygen atoms in total. The molecule has 1 aliphatic rings. The summed E-state index contributed by atoms with van der Waals surface area (Å²) >= 11 is 0. The minimum Gasteiger partial charge on any atom is -0.327 e. The Morgan fingerprint density at radius 3 is 2.54 bits per heavy atom. The van der Waals surface area contributed by atoms with Crippen LogP contribution in [-0.2, 0) is 0 Å². The van der Waals surface area contributed by atoms with Crippen LogP contribution in [0.1, 0.15) is 46.0 Å². The molecule has 1 aliphatic carbocycles. The second kappa shape index (κ2) is 5.43. The van der Waals surface area contributed by atoms with Crippen LogP contribution in [0.2, 0.25) is 0 Å². The van der Waals surface area contributed by atoms with Crippen LogP contribution in [0.4, 0.5) is 0 Å². The molecule has 1 unspecified atom stereocenters. The van der Waals surface area contributed by atoms with E-state index in [2.05, 4.69) is 19.9 Å². The van der Waals surface area contributed by atoms with Crippen molar-refractivity contribution in [2.24, 2.45) is 17.6 Å². The van der Waals surface area contributed by atoms with Gasteiger partial charge in [-0.2, -0.15) is 0 Å². The number of hydrogen-bond donors (Lipinski definition) is 1. The highest BCUT2D eigenvalue weighted by Crippen LogP contribution is 2.35. The predicted octanol–water partition coefficient (Wildman–Crippen LogP) is 3.11. The maximum absolute atomic E-state index is 5.73. The molecule has 76 valence electrons. The topological polar surface area (TPSA) is 26.0 Å². The minimum absolute atomic E-state index is 0.752. The molecule has 0 bridgehead atoms. The number of hydrogen-bond acceptors (Lipinski definition) is 1. The van der Waals surface area contributed by atoms with Crippen LogP contribution in [0.5, 0.6) is 0 Å². The van der Waals surface area contributed by atoms with Gasteiger partial charge in [-0.25, -0.2) is 0 Å². The van der Waals surface area contributed by atoms with Gasteiger partial charge in [0.05, 0.1) is 0 Å². The van der Waals surface area contributed by atoms with E-state index in [1.807, 2.05) is 0 Å². The maximum atomic E-state index is 5.73. The molecule has 0 radical (unpaired) electrons. The van der Waals surface area contributed by atoms with Gasteiger partial charge in [-0.05, 0) is 31.6 Å². The zero-order valence-electron chi connectivity index (χ0n) is 9.05. The van der Waals surface area contributed by atoms with Gasteiger partial charge in [-0.1, -0.05) is 37.8 Å². The van der Waals surface area contributed by atoms with Gasteiger partial charge >= 0.3 is 0 Å². The third kappa shape index (κ3) is 2.84. The van der Waals surface area contributed by atoms with E-state index in [-0.39, 0.29) is 0 Å². The van der Waals surface area contributed by atoms with E-state index in [0.29, 0.717) is 0 Å². The van der Waals surface area contributed by atoms with Crippen LogP contribution < -0.4 is 5.73 Å². The van der Waals surface area contributed by atoms with Crippen LogP contribution in [-0.4, -0.2) is 6.54 Å². The van der Waals surface area contributed by atoms with Crippen molar-refractivity contribution in [3.05, 3.63) is 11.6 Å².